The molecule has 0 saturated carbocycles. The molecule has 1 aliphatic carbocycles. The predicted molar refractivity (Wildman–Crippen MR) is 128 cm³/mol. The van der Waals surface area contributed by atoms with Crippen molar-refractivity contribution in [1.29, 1.82) is 0 Å². The number of carbonyl (C=O) groups excluding carboxylic acids is 1. The summed E-state index contributed by atoms with van der Waals surface area (Å²) < 4.78 is 5.12. The van der Waals surface area contributed by atoms with Crippen molar-refractivity contribution in [1.82, 2.24) is 0 Å². The third kappa shape index (κ3) is 7.22. The summed E-state index contributed by atoms with van der Waals surface area (Å²) in [5.41, 5.74) is 6.05. The molecule has 0 spiro atoms. The lowest BCUT2D eigenvalue weighted by Crippen LogP contribution is -2.19. The number of amides is 1. The second-order valence-corrected chi connectivity index (χ2v) is 8.64. The van der Waals surface area contributed by atoms with Gasteiger partial charge in [0.2, 0.25) is 5.91 Å². The third-order valence-corrected chi connectivity index (χ3v) is 5.49. The van der Waals surface area contributed by atoms with E-state index in [2.05, 4.69) is 51.2 Å². The quantitative estimate of drug-likeness (QED) is 0.386. The second-order valence-electron chi connectivity index (χ2n) is 8.64. The van der Waals surface area contributed by atoms with E-state index in [1.165, 1.54) is 36.0 Å². The first-order valence-corrected chi connectivity index (χ1v) is 10.6. The summed E-state index contributed by atoms with van der Waals surface area (Å²) in [7, 11) is 1.62. The minimum Gasteiger partial charge on any atom is -0.497 e. The lowest BCUT2D eigenvalue weighted by molar-refractivity contribution is -0.111. The Kier molecular flexibility index (Phi) is 8.46. The molecule has 0 bridgehead atoms. The van der Waals surface area contributed by atoms with Gasteiger partial charge in [0.05, 0.1) is 7.11 Å². The summed E-state index contributed by atoms with van der Waals surface area (Å²) in [6.07, 6.45) is 15.8. The Bertz CT molecular complexity index is 893. The smallest absolute Gasteiger partial charge is 0.248 e. The molecule has 0 unspecified atom stereocenters. The van der Waals surface area contributed by atoms with E-state index in [0.717, 1.165) is 17.0 Å². The van der Waals surface area contributed by atoms with E-state index < -0.39 is 0 Å². The van der Waals surface area contributed by atoms with Crippen molar-refractivity contribution >= 4 is 11.6 Å². The van der Waals surface area contributed by atoms with E-state index in [9.17, 15) is 4.79 Å². The Morgan fingerprint density at radius 2 is 1.80 bits per heavy atom. The van der Waals surface area contributed by atoms with E-state index in [1.807, 2.05) is 43.3 Å². The molecule has 2 rings (SSSR count). The summed E-state index contributed by atoms with van der Waals surface area (Å²) in [6, 6.07) is 7.27. The van der Waals surface area contributed by atoms with Crippen molar-refractivity contribution in [2.75, 3.05) is 12.4 Å². The van der Waals surface area contributed by atoms with Crippen LogP contribution in [0.4, 0.5) is 5.69 Å². The van der Waals surface area contributed by atoms with Crippen LogP contribution in [0.5, 0.6) is 5.75 Å². The van der Waals surface area contributed by atoms with Crippen molar-refractivity contribution in [3.8, 4) is 5.75 Å². The summed E-state index contributed by atoms with van der Waals surface area (Å²) in [5, 5.41) is 2.86. The molecule has 0 atom stereocenters. The number of rotatable bonds is 7. The van der Waals surface area contributed by atoms with Crippen molar-refractivity contribution in [3.63, 3.8) is 0 Å². The molecule has 1 amide bonds. The van der Waals surface area contributed by atoms with Crippen LogP contribution in [0.3, 0.4) is 0 Å². The van der Waals surface area contributed by atoms with Gasteiger partial charge in [-0.1, -0.05) is 55.4 Å². The average Bonchev–Trinajstić information content (AvgIpc) is 2.67. The van der Waals surface area contributed by atoms with Gasteiger partial charge < -0.3 is 10.1 Å². The van der Waals surface area contributed by atoms with Gasteiger partial charge in [0.15, 0.2) is 0 Å². The number of carbonyl (C=O) groups is 1. The maximum Gasteiger partial charge on any atom is 0.248 e. The highest BCUT2D eigenvalue weighted by Crippen LogP contribution is 2.40. The number of ether oxygens (including phenoxy) is 1. The molecule has 1 aromatic carbocycles. The van der Waals surface area contributed by atoms with Crippen LogP contribution in [-0.4, -0.2) is 13.0 Å². The number of nitrogens with one attached hydrogen (secondary N) is 1. The molecule has 0 saturated heterocycles. The zero-order valence-electron chi connectivity index (χ0n) is 19.2. The molecule has 1 aromatic rings. The topological polar surface area (TPSA) is 38.3 Å². The molecule has 0 fully saturated rings. The van der Waals surface area contributed by atoms with Crippen LogP contribution in [0.1, 0.15) is 53.9 Å². The number of hydrogen-bond donors (Lipinski definition) is 1. The Balaban J connectivity index is 1.95. The Labute approximate surface area is 181 Å². The van der Waals surface area contributed by atoms with Crippen LogP contribution < -0.4 is 10.1 Å². The monoisotopic (exact) mass is 405 g/mol. The number of anilines is 1. The molecule has 1 aliphatic rings. The highest BCUT2D eigenvalue weighted by Gasteiger charge is 2.26. The average molecular weight is 406 g/mol. The Morgan fingerprint density at radius 3 is 2.43 bits per heavy atom. The molecule has 0 radical (unpaired) electrons. The fourth-order valence-corrected chi connectivity index (χ4v) is 3.74. The summed E-state index contributed by atoms with van der Waals surface area (Å²) in [5.74, 6) is 0.613. The van der Waals surface area contributed by atoms with Gasteiger partial charge in [-0.2, -0.15) is 0 Å². The molecule has 30 heavy (non-hydrogen) atoms. The predicted octanol–water partition coefficient (Wildman–Crippen LogP) is 7.17. The normalized spacial score (nSPS) is 17.7. The number of hydrogen-bond acceptors (Lipinski definition) is 2. The lowest BCUT2D eigenvalue weighted by Gasteiger charge is -2.32. The second kappa shape index (κ2) is 10.8. The van der Waals surface area contributed by atoms with Crippen LogP contribution in [-0.2, 0) is 4.79 Å². The molecule has 1 N–H and O–H groups in total. The lowest BCUT2D eigenvalue weighted by atomic mass is 9.72. The van der Waals surface area contributed by atoms with Gasteiger partial charge in [0.1, 0.15) is 5.75 Å². The molecule has 0 aliphatic heterocycles. The van der Waals surface area contributed by atoms with Crippen molar-refractivity contribution in [2.24, 2.45) is 5.41 Å². The zero-order valence-corrected chi connectivity index (χ0v) is 19.2. The van der Waals surface area contributed by atoms with Crippen LogP contribution in [0.2, 0.25) is 0 Å². The molecule has 0 heterocycles. The minimum atomic E-state index is -0.148. The van der Waals surface area contributed by atoms with E-state index in [0.29, 0.717) is 0 Å². The summed E-state index contributed by atoms with van der Waals surface area (Å²) >= 11 is 0. The number of allylic oxidation sites excluding steroid dienone is 9. The maximum atomic E-state index is 12.2. The zero-order chi connectivity index (χ0) is 22.1. The summed E-state index contributed by atoms with van der Waals surface area (Å²) in [4.78, 5) is 12.2. The molecule has 160 valence electrons. The first-order chi connectivity index (χ1) is 14.2. The Morgan fingerprint density at radius 1 is 1.10 bits per heavy atom. The fraction of sp³-hybridized carbons (Fsp3) is 0.370. The molecule has 3 nitrogen and oxygen atoms in total. The van der Waals surface area contributed by atoms with E-state index >= 15 is 0 Å². The first kappa shape index (κ1) is 23.5. The highest BCUT2D eigenvalue weighted by molar-refractivity contribution is 6.00. The fourth-order valence-electron chi connectivity index (χ4n) is 3.74. The van der Waals surface area contributed by atoms with Gasteiger partial charge in [-0.05, 0) is 80.9 Å². The molecular weight excluding hydrogens is 370 g/mol. The summed E-state index contributed by atoms with van der Waals surface area (Å²) in [6.45, 7) is 10.9. The van der Waals surface area contributed by atoms with Gasteiger partial charge in [0.25, 0.3) is 0 Å². The van der Waals surface area contributed by atoms with Gasteiger partial charge in [-0.3, -0.25) is 4.79 Å². The SMILES string of the molecule is COc1ccc(NC(=O)/C=C(C)/C=C/C=C(C)\C=C\C2=C(C)CCCC2(C)C)cc1. The van der Waals surface area contributed by atoms with E-state index in [-0.39, 0.29) is 11.3 Å². The molecule has 0 aromatic heterocycles. The van der Waals surface area contributed by atoms with Crippen LogP contribution in [0, 0.1) is 5.41 Å². The molecule has 3 heteroatoms. The van der Waals surface area contributed by atoms with E-state index in [1.54, 1.807) is 13.2 Å². The van der Waals surface area contributed by atoms with Crippen LogP contribution in [0.15, 0.2) is 83.0 Å². The first-order valence-electron chi connectivity index (χ1n) is 10.6. The van der Waals surface area contributed by atoms with E-state index in [4.69, 9.17) is 4.74 Å². The van der Waals surface area contributed by atoms with Crippen LogP contribution in [0.25, 0.3) is 0 Å². The standard InChI is InChI=1S/C27H35NO2/c1-20(12-17-25-22(3)11-8-18-27(25,4)5)9-7-10-21(2)19-26(29)28-23-13-15-24(30-6)16-14-23/h7,9-10,12-17,19H,8,11,18H2,1-6H3,(H,28,29)/b10-7+,17-12+,20-9-,21-19+. The largest absolute Gasteiger partial charge is 0.497 e. The van der Waals surface area contributed by atoms with Crippen molar-refractivity contribution < 1.29 is 9.53 Å². The minimum absolute atomic E-state index is 0.148. The highest BCUT2D eigenvalue weighted by atomic mass is 16.5. The molecular formula is C27H35NO2. The number of methoxy groups -OCH3 is 1. The van der Waals surface area contributed by atoms with Crippen molar-refractivity contribution in [3.05, 3.63) is 83.0 Å². The van der Waals surface area contributed by atoms with Gasteiger partial charge >= 0.3 is 0 Å². The van der Waals surface area contributed by atoms with Gasteiger partial charge in [-0.25, -0.2) is 0 Å². The van der Waals surface area contributed by atoms with Crippen LogP contribution >= 0.6 is 0 Å². The van der Waals surface area contributed by atoms with Gasteiger partial charge in [-0.15, -0.1) is 0 Å². The Hall–Kier alpha value is -2.81. The maximum absolute atomic E-state index is 12.2. The van der Waals surface area contributed by atoms with Gasteiger partial charge in [0, 0.05) is 11.8 Å². The number of benzene rings is 1. The van der Waals surface area contributed by atoms with Crippen molar-refractivity contribution in [2.45, 2.75) is 53.9 Å². The third-order valence-electron chi connectivity index (χ3n) is 5.49.